The zero-order valence-corrected chi connectivity index (χ0v) is 31.0. The van der Waals surface area contributed by atoms with E-state index in [0.29, 0.717) is 72.1 Å². The number of amides is 1. The molecule has 0 radical (unpaired) electrons. The van der Waals surface area contributed by atoms with Gasteiger partial charge in [-0.25, -0.2) is 26.6 Å². The van der Waals surface area contributed by atoms with E-state index in [1.165, 1.54) is 16.1 Å². The van der Waals surface area contributed by atoms with Crippen molar-refractivity contribution < 1.29 is 27.1 Å². The molecule has 2 aromatic carbocycles. The van der Waals surface area contributed by atoms with E-state index in [4.69, 9.17) is 19.4 Å². The van der Waals surface area contributed by atoms with Gasteiger partial charge in [0.15, 0.2) is 5.65 Å². The molecule has 0 bridgehead atoms. The second-order valence-electron chi connectivity index (χ2n) is 14.0. The summed E-state index contributed by atoms with van der Waals surface area (Å²) in [5.74, 6) is 0.733. The number of carbonyl (C=O) groups is 1. The number of benzene rings is 2. The maximum absolute atomic E-state index is 14.0. The van der Waals surface area contributed by atoms with Crippen LogP contribution in [0.4, 0.5) is 15.0 Å². The van der Waals surface area contributed by atoms with Gasteiger partial charge in [0.1, 0.15) is 17.2 Å². The van der Waals surface area contributed by atoms with Crippen molar-refractivity contribution >= 4 is 33.0 Å². The molecular formula is C39H40FN7O5S. The Morgan fingerprint density at radius 1 is 0.906 bits per heavy atom. The number of aryl methyl sites for hydroxylation is 1. The first-order valence-electron chi connectivity index (χ1n) is 17.2. The summed E-state index contributed by atoms with van der Waals surface area (Å²) in [6.07, 6.45) is 6.30. The molecule has 0 spiro atoms. The number of ether oxygens (including phenoxy) is 2. The molecule has 0 aliphatic carbocycles. The van der Waals surface area contributed by atoms with Gasteiger partial charge < -0.3 is 19.3 Å². The van der Waals surface area contributed by atoms with Crippen molar-refractivity contribution in [2.75, 3.05) is 38.2 Å². The number of hydrogen-bond donors (Lipinski definition) is 0. The third kappa shape index (κ3) is 7.45. The minimum atomic E-state index is -4.03. The number of hydrogen-bond acceptors (Lipinski definition) is 9. The van der Waals surface area contributed by atoms with Crippen LogP contribution in [0.25, 0.3) is 33.3 Å². The Bertz CT molecular complexity index is 2410. The first kappa shape index (κ1) is 35.6. The third-order valence-electron chi connectivity index (χ3n) is 8.97. The van der Waals surface area contributed by atoms with E-state index in [-0.39, 0.29) is 22.5 Å². The molecule has 5 heterocycles. The van der Waals surface area contributed by atoms with E-state index in [1.807, 2.05) is 52.0 Å². The van der Waals surface area contributed by atoms with E-state index in [9.17, 15) is 17.6 Å². The smallest absolute Gasteiger partial charge is 0.410 e. The van der Waals surface area contributed by atoms with Crippen molar-refractivity contribution in [1.29, 1.82) is 0 Å². The van der Waals surface area contributed by atoms with Crippen LogP contribution in [0, 0.1) is 12.7 Å². The molecule has 1 fully saturated rings. The highest BCUT2D eigenvalue weighted by atomic mass is 32.2. The lowest BCUT2D eigenvalue weighted by molar-refractivity contribution is 0.0240. The number of nitrogens with zero attached hydrogens (tertiary/aromatic N) is 7. The monoisotopic (exact) mass is 737 g/mol. The minimum Gasteiger partial charge on any atom is -0.480 e. The third-order valence-corrected chi connectivity index (χ3v) is 10.6. The highest BCUT2D eigenvalue weighted by molar-refractivity contribution is 7.90. The molecule has 274 valence electrons. The molecule has 7 rings (SSSR count). The minimum absolute atomic E-state index is 0.132. The fourth-order valence-corrected chi connectivity index (χ4v) is 7.63. The van der Waals surface area contributed by atoms with E-state index >= 15 is 0 Å². The van der Waals surface area contributed by atoms with Crippen LogP contribution in [0.5, 0.6) is 5.88 Å². The number of pyridine rings is 2. The number of rotatable bonds is 8. The Labute approximate surface area is 307 Å². The normalized spacial score (nSPS) is 13.8. The van der Waals surface area contributed by atoms with Crippen molar-refractivity contribution in [3.8, 4) is 28.1 Å². The van der Waals surface area contributed by atoms with E-state index in [1.54, 1.807) is 71.8 Å². The van der Waals surface area contributed by atoms with Crippen LogP contribution in [0.2, 0.25) is 0 Å². The van der Waals surface area contributed by atoms with Gasteiger partial charge in [-0.05, 0) is 75.7 Å². The molecular weight excluding hydrogens is 698 g/mol. The molecule has 0 unspecified atom stereocenters. The Morgan fingerprint density at radius 3 is 2.36 bits per heavy atom. The van der Waals surface area contributed by atoms with Crippen LogP contribution in [-0.2, 0) is 21.3 Å². The zero-order chi connectivity index (χ0) is 37.5. The number of aromatic nitrogens is 5. The lowest BCUT2D eigenvalue weighted by Crippen LogP contribution is -2.50. The number of halogens is 1. The van der Waals surface area contributed by atoms with Gasteiger partial charge in [0.05, 0.1) is 24.7 Å². The fraction of sp³-hybridized carbons (Fsp3) is 0.282. The summed E-state index contributed by atoms with van der Waals surface area (Å²) in [6, 6.07) is 18.7. The first-order chi connectivity index (χ1) is 25.3. The van der Waals surface area contributed by atoms with Gasteiger partial charge in [0.25, 0.3) is 10.0 Å². The molecule has 0 atom stereocenters. The zero-order valence-electron chi connectivity index (χ0n) is 30.2. The number of carbonyl (C=O) groups excluding carboxylic acids is 1. The Kier molecular flexibility index (Phi) is 9.41. The molecule has 12 nitrogen and oxygen atoms in total. The molecule has 1 aliphatic rings. The Morgan fingerprint density at radius 2 is 1.66 bits per heavy atom. The van der Waals surface area contributed by atoms with Crippen LogP contribution >= 0.6 is 0 Å². The van der Waals surface area contributed by atoms with E-state index < -0.39 is 15.6 Å². The van der Waals surface area contributed by atoms with Gasteiger partial charge in [0.2, 0.25) is 5.88 Å². The molecule has 14 heteroatoms. The second kappa shape index (κ2) is 14.0. The maximum Gasteiger partial charge on any atom is 0.410 e. The molecule has 1 amide bonds. The van der Waals surface area contributed by atoms with Crippen LogP contribution in [-0.4, -0.2) is 82.0 Å². The molecule has 6 aromatic rings. The van der Waals surface area contributed by atoms with Crippen molar-refractivity contribution in [1.82, 2.24) is 28.6 Å². The fourth-order valence-electron chi connectivity index (χ4n) is 6.30. The lowest BCUT2D eigenvalue weighted by atomic mass is 10.0. The first-order valence-corrected chi connectivity index (χ1v) is 18.6. The molecule has 4 aromatic heterocycles. The average Bonchev–Trinajstić information content (AvgIpc) is 3.75. The van der Waals surface area contributed by atoms with Crippen LogP contribution in [0.3, 0.4) is 0 Å². The highest BCUT2D eigenvalue weighted by Gasteiger charge is 2.28. The summed E-state index contributed by atoms with van der Waals surface area (Å²) in [5, 5.41) is 5.08. The molecule has 1 saturated heterocycles. The molecule has 0 N–H and O–H groups in total. The van der Waals surface area contributed by atoms with Crippen molar-refractivity contribution in [3.63, 3.8) is 0 Å². The van der Waals surface area contributed by atoms with Gasteiger partial charge in [-0.2, -0.15) is 10.1 Å². The summed E-state index contributed by atoms with van der Waals surface area (Å²) < 4.78 is 56.2. The maximum atomic E-state index is 14.0. The molecule has 53 heavy (non-hydrogen) atoms. The quantitative estimate of drug-likeness (QED) is 0.167. The standard InChI is InChI=1S/C39H40FN7O5S/c1-26-9-11-31(12-10-26)53(49,50)47-25-34(29-22-42-46(24-29)23-27-7-6-8-30(40)19-27)33-20-28(21-41-36(33)47)32-13-14-35(43-37(32)51-5)44-15-17-45(18-16-44)38(48)52-39(2,3)4/h6-14,19-22,24-25H,15-18,23H2,1-5H3. The number of piperazine rings is 1. The van der Waals surface area contributed by atoms with E-state index in [2.05, 4.69) is 10.00 Å². The lowest BCUT2D eigenvalue weighted by Gasteiger charge is -2.36. The van der Waals surface area contributed by atoms with Crippen molar-refractivity contribution in [2.24, 2.45) is 0 Å². The molecule has 1 aliphatic heterocycles. The summed E-state index contributed by atoms with van der Waals surface area (Å²) >= 11 is 0. The van der Waals surface area contributed by atoms with Gasteiger partial charge in [-0.15, -0.1) is 0 Å². The summed E-state index contributed by atoms with van der Waals surface area (Å²) in [4.78, 5) is 26.0. The van der Waals surface area contributed by atoms with E-state index in [0.717, 1.165) is 11.1 Å². The van der Waals surface area contributed by atoms with Gasteiger partial charge in [-0.3, -0.25) is 4.68 Å². The number of methoxy groups -OCH3 is 1. The van der Waals surface area contributed by atoms with Crippen LogP contribution < -0.4 is 9.64 Å². The number of fused-ring (bicyclic) bond motifs is 1. The number of anilines is 1. The van der Waals surface area contributed by atoms with Gasteiger partial charge >= 0.3 is 6.09 Å². The largest absolute Gasteiger partial charge is 0.480 e. The highest BCUT2D eigenvalue weighted by Crippen LogP contribution is 2.37. The second-order valence-corrected chi connectivity index (χ2v) is 15.8. The van der Waals surface area contributed by atoms with Gasteiger partial charge in [-0.1, -0.05) is 29.8 Å². The van der Waals surface area contributed by atoms with Crippen molar-refractivity contribution in [3.05, 3.63) is 108 Å². The SMILES string of the molecule is COc1nc(N2CCN(C(=O)OC(C)(C)C)CC2)ccc1-c1cnc2c(c1)c(-c1cnn(Cc3cccc(F)c3)c1)cn2S(=O)(=O)c1ccc(C)cc1. The topological polar surface area (TPSA) is 125 Å². The summed E-state index contributed by atoms with van der Waals surface area (Å²) in [7, 11) is -2.49. The van der Waals surface area contributed by atoms with Crippen LogP contribution in [0.15, 0.2) is 96.4 Å². The van der Waals surface area contributed by atoms with Gasteiger partial charge in [0, 0.05) is 72.4 Å². The average molecular weight is 738 g/mol. The summed E-state index contributed by atoms with van der Waals surface area (Å²) in [5.41, 5.74) is 3.95. The van der Waals surface area contributed by atoms with Crippen molar-refractivity contribution in [2.45, 2.75) is 44.7 Å². The Balaban J connectivity index is 1.24. The predicted molar refractivity (Wildman–Crippen MR) is 200 cm³/mol. The summed E-state index contributed by atoms with van der Waals surface area (Å²) in [6.45, 7) is 9.89. The Hall–Kier alpha value is -5.76. The predicted octanol–water partition coefficient (Wildman–Crippen LogP) is 6.76. The van der Waals surface area contributed by atoms with Crippen LogP contribution in [0.1, 0.15) is 31.9 Å². The molecule has 0 saturated carbocycles.